The van der Waals surface area contributed by atoms with E-state index in [-0.39, 0.29) is 33.6 Å². The Bertz CT molecular complexity index is 896. The number of hydrogen-bond acceptors (Lipinski definition) is 2. The summed E-state index contributed by atoms with van der Waals surface area (Å²) in [6, 6.07) is 0. The molecule has 0 bridgehead atoms. The molecule has 0 radical (unpaired) electrons. The van der Waals surface area contributed by atoms with Crippen LogP contribution in [-0.2, 0) is 36.3 Å². The van der Waals surface area contributed by atoms with Crippen LogP contribution in [0, 0.1) is 13.5 Å². The van der Waals surface area contributed by atoms with Crippen LogP contribution >= 0.6 is 0 Å². The Kier molecular flexibility index (Phi) is 12.2. The van der Waals surface area contributed by atoms with Gasteiger partial charge in [0.1, 0.15) is 0 Å². The summed E-state index contributed by atoms with van der Waals surface area (Å²) in [7, 11) is -7.89. The number of rotatable bonds is 7. The topological polar surface area (TPSA) is 54.4 Å². The Hall–Kier alpha value is -0.917. The quantitative estimate of drug-likeness (QED) is 0.189. The first-order valence-electron chi connectivity index (χ1n) is 7.40. The molecule has 0 aromatic carbocycles. The van der Waals surface area contributed by atoms with Crippen molar-refractivity contribution in [3.8, 4) is 0 Å². The van der Waals surface area contributed by atoms with Crippen LogP contribution in [-0.4, -0.2) is 59.9 Å². The van der Waals surface area contributed by atoms with Crippen LogP contribution < -0.4 is 0 Å². The fourth-order valence-corrected chi connectivity index (χ4v) is 2.10. The molecule has 0 fully saturated rings. The standard InChI is InChI=1S/C8HF17O3S.C5H5.CH3.Zr/c9-1(10,3(13,14)5(17,18)7(21,22)23)2(11,12)4(15,16)6(19,20)8(24,25)29(26,27)28;1-2-4-5-3-1;;/h(H,26,27,28);1-3H,4H2;1H3;/q;2*-1;+2. The second-order valence-corrected chi connectivity index (χ2v) is 7.40. The summed E-state index contributed by atoms with van der Waals surface area (Å²) in [4.78, 5) is 0. The van der Waals surface area contributed by atoms with Gasteiger partial charge in [-0.05, 0) is 0 Å². The maximum atomic E-state index is 13.0. The normalized spacial score (nSPS) is 16.1. The van der Waals surface area contributed by atoms with E-state index in [2.05, 4.69) is 12.2 Å². The molecule has 1 rings (SSSR count). The summed E-state index contributed by atoms with van der Waals surface area (Å²) in [6.45, 7) is 0. The van der Waals surface area contributed by atoms with Gasteiger partial charge in [0.25, 0.3) is 0 Å². The molecule has 3 nitrogen and oxygen atoms in total. The Morgan fingerprint density at radius 3 is 1.11 bits per heavy atom. The minimum absolute atomic E-state index is 0. The van der Waals surface area contributed by atoms with Crippen LogP contribution in [0.3, 0.4) is 0 Å². The number of alkyl halides is 17. The van der Waals surface area contributed by atoms with Crippen LogP contribution in [0.25, 0.3) is 0 Å². The molecule has 0 saturated heterocycles. The first-order chi connectivity index (χ1) is 14.5. The van der Waals surface area contributed by atoms with Gasteiger partial charge in [-0.15, -0.1) is 6.42 Å². The zero-order valence-electron chi connectivity index (χ0n) is 16.5. The second kappa shape index (κ2) is 11.1. The van der Waals surface area contributed by atoms with Crippen molar-refractivity contribution in [3.05, 3.63) is 31.7 Å². The zero-order valence-corrected chi connectivity index (χ0v) is 19.8. The minimum Gasteiger partial charge on any atom is -0.358 e. The van der Waals surface area contributed by atoms with Crippen LogP contribution in [0.5, 0.6) is 0 Å². The molecule has 0 amide bonds. The van der Waals surface area contributed by atoms with Gasteiger partial charge in [-0.1, -0.05) is 0 Å². The number of hydrogen-bond donors (Lipinski definition) is 1. The molecule has 1 aliphatic carbocycles. The molecule has 36 heavy (non-hydrogen) atoms. The predicted molar refractivity (Wildman–Crippen MR) is 80.2 cm³/mol. The van der Waals surface area contributed by atoms with Gasteiger partial charge in [-0.2, -0.15) is 89.1 Å². The van der Waals surface area contributed by atoms with E-state index < -0.39 is 57.1 Å². The van der Waals surface area contributed by atoms with Crippen molar-refractivity contribution < 1.29 is 114 Å². The summed E-state index contributed by atoms with van der Waals surface area (Å²) >= 11 is 0. The summed E-state index contributed by atoms with van der Waals surface area (Å²) in [6.07, 6.45) is 2.12. The largest absolute Gasteiger partial charge is 2.00 e. The average molecular weight is 671 g/mol. The third-order valence-corrected chi connectivity index (χ3v) is 4.51. The second-order valence-electron chi connectivity index (χ2n) is 5.94. The SMILES string of the molecule is O=S(=O)(O)C(F)(F)C(F)(F)C(F)(F)C(F)(F)C(F)(F)C(F)(F)C(F)(F)C(F)(F)F.[C-]1=CC=CC1.[CH3-].[Zr+2]. The van der Waals surface area contributed by atoms with Crippen LogP contribution in [0.1, 0.15) is 6.42 Å². The number of allylic oxidation sites excluding steroid dienone is 4. The average Bonchev–Trinajstić information content (AvgIpc) is 3.18. The summed E-state index contributed by atoms with van der Waals surface area (Å²) < 4.78 is 242. The first-order valence-corrected chi connectivity index (χ1v) is 8.84. The third kappa shape index (κ3) is 5.88. The smallest absolute Gasteiger partial charge is 0.358 e. The van der Waals surface area contributed by atoms with E-state index in [1.165, 1.54) is 0 Å². The van der Waals surface area contributed by atoms with Crippen molar-refractivity contribution in [3.63, 3.8) is 0 Å². The van der Waals surface area contributed by atoms with Gasteiger partial charge < -0.3 is 7.43 Å². The van der Waals surface area contributed by atoms with Gasteiger partial charge in [0, 0.05) is 0 Å². The molecule has 1 aliphatic rings. The third-order valence-electron chi connectivity index (χ3n) is 3.60. The molecule has 0 heterocycles. The van der Waals surface area contributed by atoms with Gasteiger partial charge in [-0.3, -0.25) is 10.6 Å². The molecule has 0 unspecified atom stereocenters. The van der Waals surface area contributed by atoms with Crippen molar-refractivity contribution in [2.24, 2.45) is 0 Å². The van der Waals surface area contributed by atoms with Crippen LogP contribution in [0.15, 0.2) is 18.2 Å². The molecule has 0 saturated carbocycles. The summed E-state index contributed by atoms with van der Waals surface area (Å²) in [5.74, 6) is -52.0. The van der Waals surface area contributed by atoms with Gasteiger partial charge in [0.05, 0.1) is 0 Å². The van der Waals surface area contributed by atoms with Gasteiger partial charge in [0.2, 0.25) is 0 Å². The van der Waals surface area contributed by atoms with E-state index in [1.807, 2.05) is 12.2 Å². The van der Waals surface area contributed by atoms with E-state index >= 15 is 0 Å². The fraction of sp³-hybridized carbons (Fsp3) is 0.643. The van der Waals surface area contributed by atoms with E-state index in [9.17, 15) is 83.1 Å². The molecule has 0 atom stereocenters. The predicted octanol–water partition coefficient (Wildman–Crippen LogP) is 6.59. The molecule has 0 spiro atoms. The van der Waals surface area contributed by atoms with Crippen molar-refractivity contribution in [2.75, 3.05) is 0 Å². The molecule has 1 N–H and O–H groups in total. The Balaban J connectivity index is -0.00000137. The Morgan fingerprint density at radius 1 is 0.611 bits per heavy atom. The van der Waals surface area contributed by atoms with Gasteiger partial charge in [0.15, 0.2) is 0 Å². The van der Waals surface area contributed by atoms with E-state index in [0.29, 0.717) is 0 Å². The summed E-state index contributed by atoms with van der Waals surface area (Å²) in [5.41, 5.74) is 0. The molecule has 0 aliphatic heterocycles. The zero-order chi connectivity index (χ0) is 28.0. The maximum absolute atomic E-state index is 13.0. The Labute approximate surface area is 209 Å². The van der Waals surface area contributed by atoms with Crippen molar-refractivity contribution in [2.45, 2.75) is 53.4 Å². The van der Waals surface area contributed by atoms with E-state index in [4.69, 9.17) is 4.55 Å². The Morgan fingerprint density at radius 2 is 0.917 bits per heavy atom. The molecule has 212 valence electrons. The first kappa shape index (κ1) is 39.6. The van der Waals surface area contributed by atoms with Crippen LogP contribution in [0.2, 0.25) is 0 Å². The summed E-state index contributed by atoms with van der Waals surface area (Å²) in [5, 5.41) is -7.84. The maximum Gasteiger partial charge on any atom is 2.00 e. The number of halogens is 17. The molecule has 22 heteroatoms. The molecule has 0 aromatic heterocycles. The minimum atomic E-state index is -8.89. The van der Waals surface area contributed by atoms with Crippen molar-refractivity contribution >= 4 is 10.1 Å². The van der Waals surface area contributed by atoms with Crippen LogP contribution in [0.4, 0.5) is 74.6 Å². The molecular formula is C14H9F17O3SZr. The van der Waals surface area contributed by atoms with E-state index in [0.717, 1.165) is 6.42 Å². The molecule has 0 aromatic rings. The van der Waals surface area contributed by atoms with Crippen molar-refractivity contribution in [1.82, 2.24) is 0 Å². The molecular weight excluding hydrogens is 662 g/mol. The van der Waals surface area contributed by atoms with Gasteiger partial charge in [-0.25, -0.2) is 12.2 Å². The fourth-order valence-electron chi connectivity index (χ4n) is 1.65. The van der Waals surface area contributed by atoms with E-state index in [1.54, 1.807) is 0 Å². The van der Waals surface area contributed by atoms with Crippen molar-refractivity contribution in [1.29, 1.82) is 0 Å². The van der Waals surface area contributed by atoms with Gasteiger partial charge >= 0.3 is 83.3 Å². The monoisotopic (exact) mass is 670 g/mol.